The maximum absolute atomic E-state index is 4.82. The highest BCUT2D eigenvalue weighted by atomic mass is 15.2. The van der Waals surface area contributed by atoms with E-state index in [1.165, 1.54) is 25.7 Å². The summed E-state index contributed by atoms with van der Waals surface area (Å²) in [5.74, 6) is 1.15. The minimum Gasteiger partial charge on any atom is -0.357 e. The van der Waals surface area contributed by atoms with Crippen molar-refractivity contribution in [2.75, 3.05) is 24.5 Å². The summed E-state index contributed by atoms with van der Waals surface area (Å²) in [6.45, 7) is 11.2. The number of hydrogen-bond acceptors (Lipinski definition) is 3. The van der Waals surface area contributed by atoms with Crippen molar-refractivity contribution in [1.82, 2.24) is 10.3 Å². The standard InChI is InChI=1S/C17H29N3/c1-4-11-18-14-15-7-5-8-16(19-15)20-12-6-9-17(2,3)10-13-20/h5,7-8,18H,4,6,9-14H2,1-3H3. The summed E-state index contributed by atoms with van der Waals surface area (Å²) in [5.41, 5.74) is 1.63. The van der Waals surface area contributed by atoms with E-state index in [2.05, 4.69) is 49.2 Å². The molecule has 112 valence electrons. The fourth-order valence-corrected chi connectivity index (χ4v) is 2.79. The number of anilines is 1. The minimum atomic E-state index is 0.481. The molecule has 0 atom stereocenters. The Morgan fingerprint density at radius 3 is 2.90 bits per heavy atom. The Morgan fingerprint density at radius 1 is 1.25 bits per heavy atom. The van der Waals surface area contributed by atoms with Crippen LogP contribution in [0.25, 0.3) is 0 Å². The van der Waals surface area contributed by atoms with Crippen molar-refractivity contribution in [2.24, 2.45) is 5.41 Å². The Kier molecular flexibility index (Phi) is 5.41. The molecule has 1 aliphatic heterocycles. The predicted octanol–water partition coefficient (Wildman–Crippen LogP) is 3.60. The lowest BCUT2D eigenvalue weighted by atomic mass is 9.85. The lowest BCUT2D eigenvalue weighted by Crippen LogP contribution is -2.26. The van der Waals surface area contributed by atoms with Crippen LogP contribution in [-0.2, 0) is 6.54 Å². The molecule has 0 radical (unpaired) electrons. The lowest BCUT2D eigenvalue weighted by molar-refractivity contribution is 0.325. The van der Waals surface area contributed by atoms with E-state index in [0.29, 0.717) is 5.41 Å². The summed E-state index contributed by atoms with van der Waals surface area (Å²) in [6.07, 6.45) is 5.02. The number of rotatable bonds is 5. The first-order valence-electron chi connectivity index (χ1n) is 8.02. The van der Waals surface area contributed by atoms with Gasteiger partial charge in [-0.3, -0.25) is 0 Å². The van der Waals surface area contributed by atoms with Crippen LogP contribution in [0.2, 0.25) is 0 Å². The van der Waals surface area contributed by atoms with Gasteiger partial charge in [0.25, 0.3) is 0 Å². The molecule has 0 spiro atoms. The zero-order valence-corrected chi connectivity index (χ0v) is 13.3. The van der Waals surface area contributed by atoms with E-state index in [0.717, 1.165) is 37.7 Å². The summed E-state index contributed by atoms with van der Waals surface area (Å²) in [7, 11) is 0. The summed E-state index contributed by atoms with van der Waals surface area (Å²) in [6, 6.07) is 6.41. The molecule has 1 aliphatic rings. The highest BCUT2D eigenvalue weighted by Crippen LogP contribution is 2.31. The number of nitrogens with one attached hydrogen (secondary N) is 1. The number of hydrogen-bond donors (Lipinski definition) is 1. The molecular weight excluding hydrogens is 246 g/mol. The SMILES string of the molecule is CCCNCc1cccc(N2CCCC(C)(C)CC2)n1. The third-order valence-electron chi connectivity index (χ3n) is 4.19. The van der Waals surface area contributed by atoms with Gasteiger partial charge in [-0.05, 0) is 49.8 Å². The molecule has 0 unspecified atom stereocenters. The normalized spacial score (nSPS) is 18.9. The summed E-state index contributed by atoms with van der Waals surface area (Å²) >= 11 is 0. The molecule has 3 heteroatoms. The molecule has 3 nitrogen and oxygen atoms in total. The van der Waals surface area contributed by atoms with Gasteiger partial charge in [-0.2, -0.15) is 0 Å². The van der Waals surface area contributed by atoms with Gasteiger partial charge in [-0.1, -0.05) is 26.8 Å². The van der Waals surface area contributed by atoms with Gasteiger partial charge in [0.05, 0.1) is 5.69 Å². The molecule has 1 saturated heterocycles. The third-order valence-corrected chi connectivity index (χ3v) is 4.19. The molecule has 0 bridgehead atoms. The lowest BCUT2D eigenvalue weighted by Gasteiger charge is -2.24. The molecule has 20 heavy (non-hydrogen) atoms. The van der Waals surface area contributed by atoms with E-state index < -0.39 is 0 Å². The minimum absolute atomic E-state index is 0.481. The third kappa shape index (κ3) is 4.48. The Morgan fingerprint density at radius 2 is 2.10 bits per heavy atom. The van der Waals surface area contributed by atoms with Crippen LogP contribution in [-0.4, -0.2) is 24.6 Å². The summed E-state index contributed by atoms with van der Waals surface area (Å²) in [5, 5.41) is 3.43. The van der Waals surface area contributed by atoms with Gasteiger partial charge in [0.15, 0.2) is 0 Å². The van der Waals surface area contributed by atoms with Crippen molar-refractivity contribution in [3.8, 4) is 0 Å². The van der Waals surface area contributed by atoms with Gasteiger partial charge < -0.3 is 10.2 Å². The Hall–Kier alpha value is -1.09. The molecule has 1 aromatic heterocycles. The Balaban J connectivity index is 1.99. The molecule has 1 N–H and O–H groups in total. The largest absolute Gasteiger partial charge is 0.357 e. The topological polar surface area (TPSA) is 28.2 Å². The maximum atomic E-state index is 4.82. The molecule has 0 saturated carbocycles. The first-order chi connectivity index (χ1) is 9.61. The van der Waals surface area contributed by atoms with Crippen molar-refractivity contribution < 1.29 is 0 Å². The highest BCUT2D eigenvalue weighted by molar-refractivity contribution is 5.39. The molecule has 0 aromatic carbocycles. The van der Waals surface area contributed by atoms with Crippen molar-refractivity contribution >= 4 is 5.82 Å². The van der Waals surface area contributed by atoms with Crippen molar-refractivity contribution in [2.45, 2.75) is 53.0 Å². The van der Waals surface area contributed by atoms with Gasteiger partial charge in [0.2, 0.25) is 0 Å². The van der Waals surface area contributed by atoms with Gasteiger partial charge in [0, 0.05) is 19.6 Å². The quantitative estimate of drug-likeness (QED) is 0.832. The van der Waals surface area contributed by atoms with Gasteiger partial charge in [-0.25, -0.2) is 4.98 Å². The summed E-state index contributed by atoms with van der Waals surface area (Å²) < 4.78 is 0. The second kappa shape index (κ2) is 7.07. The predicted molar refractivity (Wildman–Crippen MR) is 86.1 cm³/mol. The number of aromatic nitrogens is 1. The highest BCUT2D eigenvalue weighted by Gasteiger charge is 2.23. The fraction of sp³-hybridized carbons (Fsp3) is 0.706. The maximum Gasteiger partial charge on any atom is 0.128 e. The monoisotopic (exact) mass is 275 g/mol. The molecule has 2 heterocycles. The first kappa shape index (κ1) is 15.3. The van der Waals surface area contributed by atoms with Crippen LogP contribution >= 0.6 is 0 Å². The van der Waals surface area contributed by atoms with E-state index in [1.54, 1.807) is 0 Å². The van der Waals surface area contributed by atoms with Crippen molar-refractivity contribution in [3.05, 3.63) is 23.9 Å². The fourth-order valence-electron chi connectivity index (χ4n) is 2.79. The Bertz CT molecular complexity index is 414. The average molecular weight is 275 g/mol. The zero-order chi connectivity index (χ0) is 14.4. The molecule has 1 aromatic rings. The number of pyridine rings is 1. The van der Waals surface area contributed by atoms with Crippen LogP contribution in [0.5, 0.6) is 0 Å². The van der Waals surface area contributed by atoms with E-state index in [4.69, 9.17) is 4.98 Å². The van der Waals surface area contributed by atoms with E-state index in [-0.39, 0.29) is 0 Å². The molecule has 1 fully saturated rings. The van der Waals surface area contributed by atoms with Crippen molar-refractivity contribution in [3.63, 3.8) is 0 Å². The van der Waals surface area contributed by atoms with E-state index in [1.807, 2.05) is 0 Å². The van der Waals surface area contributed by atoms with Crippen LogP contribution in [0.1, 0.15) is 52.1 Å². The van der Waals surface area contributed by atoms with E-state index >= 15 is 0 Å². The zero-order valence-electron chi connectivity index (χ0n) is 13.3. The molecule has 2 rings (SSSR count). The van der Waals surface area contributed by atoms with Gasteiger partial charge >= 0.3 is 0 Å². The van der Waals surface area contributed by atoms with Crippen LogP contribution in [0.15, 0.2) is 18.2 Å². The van der Waals surface area contributed by atoms with Crippen LogP contribution in [0, 0.1) is 5.41 Å². The van der Waals surface area contributed by atoms with Crippen molar-refractivity contribution in [1.29, 1.82) is 0 Å². The van der Waals surface area contributed by atoms with Gasteiger partial charge in [-0.15, -0.1) is 0 Å². The molecule has 0 amide bonds. The average Bonchev–Trinajstić information content (AvgIpc) is 2.60. The second-order valence-corrected chi connectivity index (χ2v) is 6.67. The second-order valence-electron chi connectivity index (χ2n) is 6.67. The van der Waals surface area contributed by atoms with Gasteiger partial charge in [0.1, 0.15) is 5.82 Å². The van der Waals surface area contributed by atoms with E-state index in [9.17, 15) is 0 Å². The Labute approximate surface area is 123 Å². The first-order valence-corrected chi connectivity index (χ1v) is 8.02. The number of nitrogens with zero attached hydrogens (tertiary/aromatic N) is 2. The smallest absolute Gasteiger partial charge is 0.128 e. The summed E-state index contributed by atoms with van der Waals surface area (Å²) in [4.78, 5) is 7.28. The van der Waals surface area contributed by atoms with Crippen LogP contribution in [0.4, 0.5) is 5.82 Å². The van der Waals surface area contributed by atoms with Crippen LogP contribution in [0.3, 0.4) is 0 Å². The molecule has 0 aliphatic carbocycles. The molecular formula is C17H29N3. The van der Waals surface area contributed by atoms with Crippen LogP contribution < -0.4 is 10.2 Å².